The lowest BCUT2D eigenvalue weighted by atomic mass is 10.2. The summed E-state index contributed by atoms with van der Waals surface area (Å²) in [5, 5.41) is 10.2. The van der Waals surface area contributed by atoms with Gasteiger partial charge in [0.1, 0.15) is 11.0 Å². The number of primary amides is 1. The first-order valence-corrected chi connectivity index (χ1v) is 7.64. The maximum atomic E-state index is 11.2. The average Bonchev–Trinajstić information content (AvgIpc) is 3.12. The molecule has 7 nitrogen and oxygen atoms in total. The van der Waals surface area contributed by atoms with Crippen molar-refractivity contribution in [1.82, 2.24) is 20.2 Å². The normalized spacial score (nSPS) is 10.7. The van der Waals surface area contributed by atoms with E-state index in [1.807, 2.05) is 30.3 Å². The van der Waals surface area contributed by atoms with Crippen LogP contribution in [0.4, 0.5) is 11.5 Å². The Hall–Kier alpha value is -3.74. The molecule has 25 heavy (non-hydrogen) atoms. The van der Waals surface area contributed by atoms with Crippen molar-refractivity contribution in [3.8, 4) is 11.4 Å². The third kappa shape index (κ3) is 2.90. The molecule has 0 atom stereocenters. The summed E-state index contributed by atoms with van der Waals surface area (Å²) in [4.78, 5) is 20.3. The standard InChI is InChI=1S/C18H14N6O/c19-16(25)11-6-8-13(9-7-11)21-18-15-14(10-20-24-15)22-17(23-18)12-4-2-1-3-5-12/h1-10H,(H2,19,25)(H,20,24)(H,21,22,23). The number of hydrogen-bond acceptors (Lipinski definition) is 5. The van der Waals surface area contributed by atoms with Crippen molar-refractivity contribution in [1.29, 1.82) is 0 Å². The minimum atomic E-state index is -0.462. The predicted octanol–water partition coefficient (Wildman–Crippen LogP) is 2.86. The van der Waals surface area contributed by atoms with Crippen LogP contribution in [0, 0.1) is 0 Å². The van der Waals surface area contributed by atoms with E-state index < -0.39 is 5.91 Å². The molecule has 122 valence electrons. The highest BCUT2D eigenvalue weighted by Crippen LogP contribution is 2.25. The molecule has 0 aliphatic heterocycles. The van der Waals surface area contributed by atoms with E-state index in [0.29, 0.717) is 28.2 Å². The highest BCUT2D eigenvalue weighted by Gasteiger charge is 2.11. The van der Waals surface area contributed by atoms with Gasteiger partial charge in [0.15, 0.2) is 11.6 Å². The number of fused-ring (bicyclic) bond motifs is 1. The Labute approximate surface area is 142 Å². The molecule has 4 rings (SSSR count). The van der Waals surface area contributed by atoms with Gasteiger partial charge in [-0.2, -0.15) is 5.10 Å². The maximum Gasteiger partial charge on any atom is 0.248 e. The van der Waals surface area contributed by atoms with E-state index in [2.05, 4.69) is 25.5 Å². The highest BCUT2D eigenvalue weighted by atomic mass is 16.1. The molecule has 0 aliphatic rings. The SMILES string of the molecule is NC(=O)c1ccc(Nc2nc(-c3ccccc3)nc3cn[nH]c23)cc1. The molecular formula is C18H14N6O. The summed E-state index contributed by atoms with van der Waals surface area (Å²) in [6, 6.07) is 16.6. The van der Waals surface area contributed by atoms with Crippen molar-refractivity contribution < 1.29 is 4.79 Å². The fourth-order valence-corrected chi connectivity index (χ4v) is 2.50. The molecule has 2 heterocycles. The minimum Gasteiger partial charge on any atom is -0.366 e. The lowest BCUT2D eigenvalue weighted by Gasteiger charge is -2.09. The van der Waals surface area contributed by atoms with E-state index in [-0.39, 0.29) is 0 Å². The number of aromatic amines is 1. The summed E-state index contributed by atoms with van der Waals surface area (Å²) in [7, 11) is 0. The molecule has 0 unspecified atom stereocenters. The Morgan fingerprint density at radius 3 is 2.48 bits per heavy atom. The van der Waals surface area contributed by atoms with Gasteiger partial charge in [0.05, 0.1) is 6.20 Å². The second-order valence-electron chi connectivity index (χ2n) is 5.46. The number of carbonyl (C=O) groups is 1. The number of benzene rings is 2. The third-order valence-corrected chi connectivity index (χ3v) is 3.76. The smallest absolute Gasteiger partial charge is 0.248 e. The third-order valence-electron chi connectivity index (χ3n) is 3.76. The molecule has 0 saturated heterocycles. The Balaban J connectivity index is 1.75. The molecule has 0 fully saturated rings. The van der Waals surface area contributed by atoms with Gasteiger partial charge in [-0.1, -0.05) is 30.3 Å². The summed E-state index contributed by atoms with van der Waals surface area (Å²) in [5.41, 5.74) is 8.83. The molecule has 0 radical (unpaired) electrons. The fraction of sp³-hybridized carbons (Fsp3) is 0. The monoisotopic (exact) mass is 330 g/mol. The minimum absolute atomic E-state index is 0.449. The zero-order chi connectivity index (χ0) is 17.2. The van der Waals surface area contributed by atoms with Crippen LogP contribution < -0.4 is 11.1 Å². The number of H-pyrrole nitrogens is 1. The van der Waals surface area contributed by atoms with E-state index in [4.69, 9.17) is 5.73 Å². The maximum absolute atomic E-state index is 11.2. The first-order chi connectivity index (χ1) is 12.2. The van der Waals surface area contributed by atoms with E-state index >= 15 is 0 Å². The van der Waals surface area contributed by atoms with E-state index in [1.165, 1.54) is 0 Å². The van der Waals surface area contributed by atoms with E-state index in [0.717, 1.165) is 11.3 Å². The lowest BCUT2D eigenvalue weighted by molar-refractivity contribution is 0.100. The van der Waals surface area contributed by atoms with Crippen LogP contribution >= 0.6 is 0 Å². The number of anilines is 2. The van der Waals surface area contributed by atoms with Gasteiger partial charge in [0, 0.05) is 16.8 Å². The summed E-state index contributed by atoms with van der Waals surface area (Å²) >= 11 is 0. The summed E-state index contributed by atoms with van der Waals surface area (Å²) < 4.78 is 0. The molecule has 2 aromatic heterocycles. The van der Waals surface area contributed by atoms with Crippen molar-refractivity contribution in [3.05, 3.63) is 66.4 Å². The van der Waals surface area contributed by atoms with Crippen LogP contribution in [0.5, 0.6) is 0 Å². The van der Waals surface area contributed by atoms with E-state index in [9.17, 15) is 4.79 Å². The van der Waals surface area contributed by atoms with Crippen molar-refractivity contribution in [3.63, 3.8) is 0 Å². The van der Waals surface area contributed by atoms with Crippen LogP contribution in [0.15, 0.2) is 60.8 Å². The van der Waals surface area contributed by atoms with Gasteiger partial charge in [-0.05, 0) is 24.3 Å². The van der Waals surface area contributed by atoms with Gasteiger partial charge in [0.2, 0.25) is 5.91 Å². The molecule has 4 aromatic rings. The zero-order valence-electron chi connectivity index (χ0n) is 13.1. The van der Waals surface area contributed by atoms with Crippen LogP contribution in [0.1, 0.15) is 10.4 Å². The van der Waals surface area contributed by atoms with Crippen LogP contribution in [0.25, 0.3) is 22.4 Å². The summed E-state index contributed by atoms with van der Waals surface area (Å²) in [6.07, 6.45) is 1.66. The van der Waals surface area contributed by atoms with Crippen molar-refractivity contribution in [2.24, 2.45) is 5.73 Å². The average molecular weight is 330 g/mol. The first-order valence-electron chi connectivity index (χ1n) is 7.64. The Bertz CT molecular complexity index is 1040. The largest absolute Gasteiger partial charge is 0.366 e. The molecule has 2 aromatic carbocycles. The van der Waals surface area contributed by atoms with Crippen LogP contribution in [0.2, 0.25) is 0 Å². The van der Waals surface area contributed by atoms with E-state index in [1.54, 1.807) is 30.5 Å². The van der Waals surface area contributed by atoms with Crippen LogP contribution in [-0.4, -0.2) is 26.1 Å². The van der Waals surface area contributed by atoms with Crippen LogP contribution in [0.3, 0.4) is 0 Å². The van der Waals surface area contributed by atoms with Crippen molar-refractivity contribution in [2.75, 3.05) is 5.32 Å². The van der Waals surface area contributed by atoms with Gasteiger partial charge < -0.3 is 11.1 Å². The predicted molar refractivity (Wildman–Crippen MR) is 95.4 cm³/mol. The topological polar surface area (TPSA) is 110 Å². The summed E-state index contributed by atoms with van der Waals surface area (Å²) in [6.45, 7) is 0. The lowest BCUT2D eigenvalue weighted by Crippen LogP contribution is -2.10. The Morgan fingerprint density at radius 1 is 1.00 bits per heavy atom. The number of nitrogens with zero attached hydrogens (tertiary/aromatic N) is 3. The van der Waals surface area contributed by atoms with Crippen LogP contribution in [-0.2, 0) is 0 Å². The van der Waals surface area contributed by atoms with Crippen molar-refractivity contribution in [2.45, 2.75) is 0 Å². The van der Waals surface area contributed by atoms with Gasteiger partial charge in [-0.3, -0.25) is 9.89 Å². The van der Waals surface area contributed by atoms with Gasteiger partial charge in [-0.25, -0.2) is 9.97 Å². The quantitative estimate of drug-likeness (QED) is 0.533. The second kappa shape index (κ2) is 6.04. The number of nitrogens with one attached hydrogen (secondary N) is 2. The van der Waals surface area contributed by atoms with Gasteiger partial charge >= 0.3 is 0 Å². The molecule has 0 aliphatic carbocycles. The Morgan fingerprint density at radius 2 is 1.76 bits per heavy atom. The van der Waals surface area contributed by atoms with Gasteiger partial charge in [0.25, 0.3) is 0 Å². The van der Waals surface area contributed by atoms with Gasteiger partial charge in [-0.15, -0.1) is 0 Å². The molecule has 1 amide bonds. The number of rotatable bonds is 4. The molecule has 0 spiro atoms. The fourth-order valence-electron chi connectivity index (χ4n) is 2.50. The molecule has 7 heteroatoms. The number of nitrogens with two attached hydrogens (primary N) is 1. The molecule has 0 saturated carbocycles. The number of hydrogen-bond donors (Lipinski definition) is 3. The molecular weight excluding hydrogens is 316 g/mol. The zero-order valence-corrected chi connectivity index (χ0v) is 13.1. The highest BCUT2D eigenvalue weighted by molar-refractivity contribution is 5.93. The molecule has 0 bridgehead atoms. The number of aromatic nitrogens is 4. The molecule has 4 N–H and O–H groups in total. The Kier molecular flexibility index (Phi) is 3.59. The number of carbonyl (C=O) groups excluding carboxylic acids is 1. The van der Waals surface area contributed by atoms with Crippen molar-refractivity contribution >= 4 is 28.4 Å². The summed E-state index contributed by atoms with van der Waals surface area (Å²) in [5.74, 6) is 0.745. The number of amides is 1. The first kappa shape index (κ1) is 14.8. The second-order valence-corrected chi connectivity index (χ2v) is 5.46.